The lowest BCUT2D eigenvalue weighted by Gasteiger charge is -2.07. The van der Waals surface area contributed by atoms with Crippen molar-refractivity contribution in [2.24, 2.45) is 0 Å². The molecule has 2 rings (SSSR count). The van der Waals surface area contributed by atoms with Gasteiger partial charge in [-0.15, -0.1) is 0 Å². The molecular weight excluding hydrogens is 226 g/mol. The van der Waals surface area contributed by atoms with E-state index in [9.17, 15) is 13.8 Å². The molecule has 0 aliphatic heterocycles. The van der Waals surface area contributed by atoms with Crippen molar-refractivity contribution in [2.75, 3.05) is 0 Å². The minimum Gasteiger partial charge on any atom is -0.343 e. The Hall–Kier alpha value is -1.44. The van der Waals surface area contributed by atoms with E-state index in [1.165, 1.54) is 6.07 Å². The molecule has 2 aromatic carbocycles. The SMILES string of the molecule is O=[PH](O)c1ccccc1-c1ccccc1F. The van der Waals surface area contributed by atoms with E-state index < -0.39 is 13.8 Å². The third kappa shape index (κ3) is 2.06. The first-order valence-electron chi connectivity index (χ1n) is 4.77. The van der Waals surface area contributed by atoms with Crippen LogP contribution in [0.3, 0.4) is 0 Å². The first kappa shape index (κ1) is 11.1. The van der Waals surface area contributed by atoms with E-state index in [1.807, 2.05) is 0 Å². The molecule has 1 unspecified atom stereocenters. The Bertz CT molecular complexity index is 540. The van der Waals surface area contributed by atoms with E-state index >= 15 is 0 Å². The van der Waals surface area contributed by atoms with Gasteiger partial charge in [-0.05, 0) is 17.7 Å². The van der Waals surface area contributed by atoms with Crippen LogP contribution in [0, 0.1) is 5.82 Å². The van der Waals surface area contributed by atoms with Crippen LogP contribution in [0.5, 0.6) is 0 Å². The molecule has 2 aromatic rings. The summed E-state index contributed by atoms with van der Waals surface area (Å²) < 4.78 is 24.7. The predicted octanol–water partition coefficient (Wildman–Crippen LogP) is 2.58. The number of benzene rings is 2. The molecule has 1 N–H and O–H groups in total. The van der Waals surface area contributed by atoms with Gasteiger partial charge in [0.2, 0.25) is 8.03 Å². The van der Waals surface area contributed by atoms with Crippen LogP contribution < -0.4 is 5.30 Å². The van der Waals surface area contributed by atoms with Gasteiger partial charge >= 0.3 is 0 Å². The van der Waals surface area contributed by atoms with E-state index in [0.29, 0.717) is 11.1 Å². The average molecular weight is 236 g/mol. The van der Waals surface area contributed by atoms with Crippen LogP contribution in [0.25, 0.3) is 11.1 Å². The lowest BCUT2D eigenvalue weighted by Crippen LogP contribution is -2.01. The van der Waals surface area contributed by atoms with E-state index in [0.717, 1.165) is 0 Å². The van der Waals surface area contributed by atoms with Gasteiger partial charge in [-0.1, -0.05) is 36.4 Å². The summed E-state index contributed by atoms with van der Waals surface area (Å²) in [6.45, 7) is 0. The van der Waals surface area contributed by atoms with Gasteiger partial charge in [0.25, 0.3) is 0 Å². The third-order valence-electron chi connectivity index (χ3n) is 2.32. The Kier molecular flexibility index (Phi) is 3.18. The molecule has 0 spiro atoms. The zero-order chi connectivity index (χ0) is 11.5. The number of halogens is 1. The van der Waals surface area contributed by atoms with Gasteiger partial charge < -0.3 is 4.89 Å². The standard InChI is InChI=1S/C12H10FO2P/c13-11-7-3-1-5-9(11)10-6-2-4-8-12(10)16(14)15/h1-8,16H,(H,14,15). The van der Waals surface area contributed by atoms with E-state index in [1.54, 1.807) is 42.5 Å². The Labute approximate surface area is 93.2 Å². The van der Waals surface area contributed by atoms with Crippen molar-refractivity contribution in [3.63, 3.8) is 0 Å². The quantitative estimate of drug-likeness (QED) is 0.814. The summed E-state index contributed by atoms with van der Waals surface area (Å²) in [4.78, 5) is 9.18. The Morgan fingerprint density at radius 2 is 1.50 bits per heavy atom. The van der Waals surface area contributed by atoms with E-state index in [4.69, 9.17) is 0 Å². The molecular formula is C12H10FO2P. The van der Waals surface area contributed by atoms with Crippen LogP contribution in [0.4, 0.5) is 4.39 Å². The molecule has 0 aliphatic carbocycles. The topological polar surface area (TPSA) is 37.3 Å². The summed E-state index contributed by atoms with van der Waals surface area (Å²) >= 11 is 0. The first-order valence-corrected chi connectivity index (χ1v) is 6.13. The molecule has 1 atom stereocenters. The smallest absolute Gasteiger partial charge is 0.218 e. The first-order chi connectivity index (χ1) is 7.70. The molecule has 0 fully saturated rings. The number of hydrogen-bond acceptors (Lipinski definition) is 1. The van der Waals surface area contributed by atoms with E-state index in [2.05, 4.69) is 0 Å². The van der Waals surface area contributed by atoms with Gasteiger partial charge in [0.1, 0.15) is 5.82 Å². The summed E-state index contributed by atoms with van der Waals surface area (Å²) in [5.74, 6) is -0.391. The van der Waals surface area contributed by atoms with Crippen molar-refractivity contribution in [2.45, 2.75) is 0 Å². The average Bonchev–Trinajstić information content (AvgIpc) is 2.29. The Balaban J connectivity index is 2.65. The molecule has 0 saturated heterocycles. The zero-order valence-corrected chi connectivity index (χ0v) is 9.35. The fraction of sp³-hybridized carbons (Fsp3) is 0. The van der Waals surface area contributed by atoms with Crippen molar-refractivity contribution >= 4 is 13.3 Å². The van der Waals surface area contributed by atoms with Crippen molar-refractivity contribution in [1.82, 2.24) is 0 Å². The normalized spacial score (nSPS) is 12.4. The summed E-state index contributed by atoms with van der Waals surface area (Å²) in [6, 6.07) is 12.8. The molecule has 0 bridgehead atoms. The van der Waals surface area contributed by atoms with Gasteiger partial charge in [-0.3, -0.25) is 4.57 Å². The van der Waals surface area contributed by atoms with Crippen LogP contribution in [-0.4, -0.2) is 4.89 Å². The van der Waals surface area contributed by atoms with Gasteiger partial charge in [0.15, 0.2) is 0 Å². The second kappa shape index (κ2) is 4.60. The van der Waals surface area contributed by atoms with Gasteiger partial charge in [0.05, 0.1) is 0 Å². The van der Waals surface area contributed by atoms with Crippen LogP contribution >= 0.6 is 8.03 Å². The minimum absolute atomic E-state index is 0.289. The monoisotopic (exact) mass is 236 g/mol. The van der Waals surface area contributed by atoms with Crippen LogP contribution in [0.1, 0.15) is 0 Å². The lowest BCUT2D eigenvalue weighted by molar-refractivity contribution is 0.513. The largest absolute Gasteiger partial charge is 0.343 e. The third-order valence-corrected chi connectivity index (χ3v) is 3.22. The summed E-state index contributed by atoms with van der Waals surface area (Å²) in [7, 11) is -2.82. The van der Waals surface area contributed by atoms with Crippen molar-refractivity contribution < 1.29 is 13.8 Å². The fourth-order valence-corrected chi connectivity index (χ4v) is 2.27. The fourth-order valence-electron chi connectivity index (χ4n) is 1.58. The summed E-state index contributed by atoms with van der Waals surface area (Å²) in [6.07, 6.45) is 0. The molecule has 0 heterocycles. The Morgan fingerprint density at radius 3 is 2.12 bits per heavy atom. The van der Waals surface area contributed by atoms with E-state index in [-0.39, 0.29) is 5.30 Å². The predicted molar refractivity (Wildman–Crippen MR) is 62.7 cm³/mol. The highest BCUT2D eigenvalue weighted by Crippen LogP contribution is 2.26. The van der Waals surface area contributed by atoms with Gasteiger partial charge in [-0.25, -0.2) is 4.39 Å². The zero-order valence-electron chi connectivity index (χ0n) is 8.35. The number of rotatable bonds is 2. The second-order valence-electron chi connectivity index (χ2n) is 3.33. The van der Waals surface area contributed by atoms with Gasteiger partial charge in [-0.2, -0.15) is 0 Å². The van der Waals surface area contributed by atoms with Crippen molar-refractivity contribution in [3.8, 4) is 11.1 Å². The molecule has 0 amide bonds. The Morgan fingerprint density at radius 1 is 0.938 bits per heavy atom. The highest BCUT2D eigenvalue weighted by atomic mass is 31.1. The molecule has 4 heteroatoms. The van der Waals surface area contributed by atoms with Crippen LogP contribution in [0.15, 0.2) is 48.5 Å². The highest BCUT2D eigenvalue weighted by molar-refractivity contribution is 7.47. The second-order valence-corrected chi connectivity index (χ2v) is 4.48. The number of hydrogen-bond donors (Lipinski definition) is 1. The van der Waals surface area contributed by atoms with Crippen LogP contribution in [-0.2, 0) is 4.57 Å². The molecule has 2 nitrogen and oxygen atoms in total. The van der Waals surface area contributed by atoms with Crippen molar-refractivity contribution in [1.29, 1.82) is 0 Å². The van der Waals surface area contributed by atoms with Crippen molar-refractivity contribution in [3.05, 3.63) is 54.3 Å². The molecule has 16 heavy (non-hydrogen) atoms. The molecule has 0 aliphatic rings. The molecule has 0 aromatic heterocycles. The van der Waals surface area contributed by atoms with Gasteiger partial charge in [0, 0.05) is 10.9 Å². The van der Waals surface area contributed by atoms with Crippen LogP contribution in [0.2, 0.25) is 0 Å². The molecule has 82 valence electrons. The summed E-state index contributed by atoms with van der Waals surface area (Å²) in [5, 5.41) is 0.289. The molecule has 0 saturated carbocycles. The lowest BCUT2D eigenvalue weighted by atomic mass is 10.1. The minimum atomic E-state index is -2.82. The highest BCUT2D eigenvalue weighted by Gasteiger charge is 2.11. The summed E-state index contributed by atoms with van der Waals surface area (Å²) in [5.41, 5.74) is 0.831. The maximum absolute atomic E-state index is 13.5. The molecule has 0 radical (unpaired) electrons. The maximum atomic E-state index is 13.5. The maximum Gasteiger partial charge on any atom is 0.218 e.